The molecule has 24 heavy (non-hydrogen) atoms. The summed E-state index contributed by atoms with van der Waals surface area (Å²) in [5.74, 6) is 2.18. The summed E-state index contributed by atoms with van der Waals surface area (Å²) in [7, 11) is 0. The molecule has 1 aliphatic heterocycles. The maximum Gasteiger partial charge on any atom is 0.228 e. The zero-order valence-corrected chi connectivity index (χ0v) is 15.6. The van der Waals surface area contributed by atoms with Crippen LogP contribution in [0.2, 0.25) is 0 Å². The molecule has 0 amide bonds. The number of hydrogen-bond acceptors (Lipinski definition) is 5. The molecule has 2 N–H and O–H groups in total. The van der Waals surface area contributed by atoms with Crippen molar-refractivity contribution in [2.45, 2.75) is 58.9 Å². The molecule has 0 saturated carbocycles. The largest absolute Gasteiger partial charge is 0.357 e. The summed E-state index contributed by atoms with van der Waals surface area (Å²) >= 11 is 0. The van der Waals surface area contributed by atoms with Crippen LogP contribution in [0, 0.1) is 6.92 Å². The number of aryl methyl sites for hydroxylation is 1. The number of nitrogens with zero attached hydrogens (tertiary/aromatic N) is 4. The van der Waals surface area contributed by atoms with Crippen LogP contribution in [-0.2, 0) is 6.42 Å². The topological polar surface area (TPSA) is 78.6 Å². The average Bonchev–Trinajstić information content (AvgIpc) is 2.99. The van der Waals surface area contributed by atoms with Crippen LogP contribution in [0.3, 0.4) is 0 Å². The number of rotatable bonds is 7. The third kappa shape index (κ3) is 5.78. The molecule has 2 rings (SSSR count). The third-order valence-electron chi connectivity index (χ3n) is 4.38. The first kappa shape index (κ1) is 18.7. The highest BCUT2D eigenvalue weighted by molar-refractivity contribution is 5.79. The predicted molar refractivity (Wildman–Crippen MR) is 96.2 cm³/mol. The zero-order valence-electron chi connectivity index (χ0n) is 15.6. The van der Waals surface area contributed by atoms with Gasteiger partial charge < -0.3 is 15.2 Å². The molecule has 0 spiro atoms. The van der Waals surface area contributed by atoms with Gasteiger partial charge in [0.2, 0.25) is 5.89 Å². The number of likely N-dealkylation sites (tertiary alicyclic amines) is 1. The second-order valence-corrected chi connectivity index (χ2v) is 6.97. The van der Waals surface area contributed by atoms with Crippen molar-refractivity contribution in [3.63, 3.8) is 0 Å². The van der Waals surface area contributed by atoms with Gasteiger partial charge in [-0.2, -0.15) is 4.98 Å². The summed E-state index contributed by atoms with van der Waals surface area (Å²) in [4.78, 5) is 11.6. The van der Waals surface area contributed by atoms with E-state index in [1.54, 1.807) is 0 Å². The molecule has 7 heteroatoms. The van der Waals surface area contributed by atoms with Gasteiger partial charge in [0, 0.05) is 25.0 Å². The van der Waals surface area contributed by atoms with Gasteiger partial charge >= 0.3 is 0 Å². The van der Waals surface area contributed by atoms with Crippen molar-refractivity contribution >= 4 is 5.96 Å². The zero-order chi connectivity index (χ0) is 17.4. The van der Waals surface area contributed by atoms with E-state index in [1.165, 1.54) is 32.4 Å². The molecule has 1 saturated heterocycles. The highest BCUT2D eigenvalue weighted by atomic mass is 16.5. The van der Waals surface area contributed by atoms with Crippen molar-refractivity contribution < 1.29 is 4.52 Å². The van der Waals surface area contributed by atoms with Crippen molar-refractivity contribution in [1.29, 1.82) is 0 Å². The van der Waals surface area contributed by atoms with Crippen LogP contribution < -0.4 is 10.6 Å². The van der Waals surface area contributed by atoms with Gasteiger partial charge in [0.15, 0.2) is 11.8 Å². The Labute approximate surface area is 145 Å². The van der Waals surface area contributed by atoms with Crippen molar-refractivity contribution in [2.75, 3.05) is 32.7 Å². The molecule has 0 atom stereocenters. The molecular formula is C17H32N6O. The maximum atomic E-state index is 5.13. The second-order valence-electron chi connectivity index (χ2n) is 6.97. The summed E-state index contributed by atoms with van der Waals surface area (Å²) in [6.45, 7) is 13.2. The van der Waals surface area contributed by atoms with Gasteiger partial charge in [0.05, 0.1) is 6.54 Å². The van der Waals surface area contributed by atoms with Crippen LogP contribution in [0.4, 0.5) is 0 Å². The van der Waals surface area contributed by atoms with Crippen LogP contribution >= 0.6 is 0 Å². The first-order valence-electron chi connectivity index (χ1n) is 9.07. The Balaban J connectivity index is 1.84. The molecule has 0 bridgehead atoms. The molecule has 1 aliphatic rings. The Morgan fingerprint density at radius 1 is 1.25 bits per heavy atom. The van der Waals surface area contributed by atoms with Gasteiger partial charge in [0.1, 0.15) is 0 Å². The lowest BCUT2D eigenvalue weighted by Crippen LogP contribution is -2.49. The normalized spacial score (nSPS) is 17.1. The lowest BCUT2D eigenvalue weighted by Gasteiger charge is -2.40. The Morgan fingerprint density at radius 2 is 2.00 bits per heavy atom. The van der Waals surface area contributed by atoms with Crippen LogP contribution in [0.5, 0.6) is 0 Å². The Bertz CT molecular complexity index is 519. The minimum Gasteiger partial charge on any atom is -0.357 e. The third-order valence-corrected chi connectivity index (χ3v) is 4.38. The SMILES string of the molecule is CCNC(=NCC(C)(C)N1CCCCC1)NCCc1nc(C)no1. The van der Waals surface area contributed by atoms with Crippen molar-refractivity contribution in [3.05, 3.63) is 11.7 Å². The molecule has 136 valence electrons. The van der Waals surface area contributed by atoms with Crippen LogP contribution in [0.15, 0.2) is 9.52 Å². The molecule has 7 nitrogen and oxygen atoms in total. The van der Waals surface area contributed by atoms with Gasteiger partial charge in [-0.15, -0.1) is 0 Å². The van der Waals surface area contributed by atoms with Gasteiger partial charge in [-0.25, -0.2) is 0 Å². The molecule has 0 aromatic carbocycles. The molecule has 0 radical (unpaired) electrons. The van der Waals surface area contributed by atoms with E-state index in [4.69, 9.17) is 9.52 Å². The van der Waals surface area contributed by atoms with E-state index in [0.717, 1.165) is 25.6 Å². The Morgan fingerprint density at radius 3 is 2.62 bits per heavy atom. The van der Waals surface area contributed by atoms with Crippen molar-refractivity contribution in [2.24, 2.45) is 4.99 Å². The minimum atomic E-state index is 0.0897. The monoisotopic (exact) mass is 336 g/mol. The summed E-state index contributed by atoms with van der Waals surface area (Å²) < 4.78 is 5.13. The molecular weight excluding hydrogens is 304 g/mol. The van der Waals surface area contributed by atoms with Gasteiger partial charge in [-0.3, -0.25) is 9.89 Å². The van der Waals surface area contributed by atoms with E-state index >= 15 is 0 Å². The summed E-state index contributed by atoms with van der Waals surface area (Å²) in [5, 5.41) is 10.5. The fraction of sp³-hybridized carbons (Fsp3) is 0.824. The van der Waals surface area contributed by atoms with Crippen molar-refractivity contribution in [1.82, 2.24) is 25.7 Å². The highest BCUT2D eigenvalue weighted by Gasteiger charge is 2.27. The van der Waals surface area contributed by atoms with Gasteiger partial charge in [0.25, 0.3) is 0 Å². The van der Waals surface area contributed by atoms with Crippen LogP contribution in [-0.4, -0.2) is 59.3 Å². The van der Waals surface area contributed by atoms with Gasteiger partial charge in [-0.1, -0.05) is 11.6 Å². The van der Waals surface area contributed by atoms with Crippen LogP contribution in [0.1, 0.15) is 51.7 Å². The number of aromatic nitrogens is 2. The standard InChI is InChI=1S/C17H32N6O/c1-5-18-16(19-10-9-15-21-14(2)22-24-15)20-13-17(3,4)23-11-7-6-8-12-23/h5-13H2,1-4H3,(H2,18,19,20). The molecule has 0 aliphatic carbocycles. The summed E-state index contributed by atoms with van der Waals surface area (Å²) in [5.41, 5.74) is 0.0897. The Hall–Kier alpha value is -1.63. The smallest absolute Gasteiger partial charge is 0.228 e. The fourth-order valence-electron chi connectivity index (χ4n) is 2.94. The Kier molecular flexibility index (Phi) is 7.02. The molecule has 0 unspecified atom stereocenters. The van der Waals surface area contributed by atoms with Crippen LogP contribution in [0.25, 0.3) is 0 Å². The second kappa shape index (κ2) is 9.01. The van der Waals surface area contributed by atoms with E-state index in [1.807, 2.05) is 6.92 Å². The quantitative estimate of drug-likeness (QED) is 0.583. The first-order valence-corrected chi connectivity index (χ1v) is 9.07. The van der Waals surface area contributed by atoms with E-state index in [9.17, 15) is 0 Å². The number of guanidine groups is 1. The van der Waals surface area contributed by atoms with Gasteiger partial charge in [-0.05, 0) is 53.6 Å². The van der Waals surface area contributed by atoms with E-state index in [2.05, 4.69) is 46.4 Å². The first-order chi connectivity index (χ1) is 11.5. The minimum absolute atomic E-state index is 0.0897. The van der Waals surface area contributed by atoms with E-state index < -0.39 is 0 Å². The maximum absolute atomic E-state index is 5.13. The number of nitrogens with one attached hydrogen (secondary N) is 2. The average molecular weight is 336 g/mol. The lowest BCUT2D eigenvalue weighted by atomic mass is 9.99. The molecule has 1 fully saturated rings. The predicted octanol–water partition coefficient (Wildman–Crippen LogP) is 1.74. The van der Waals surface area contributed by atoms with E-state index in [0.29, 0.717) is 18.1 Å². The molecule has 1 aromatic heterocycles. The van der Waals surface area contributed by atoms with E-state index in [-0.39, 0.29) is 5.54 Å². The summed E-state index contributed by atoms with van der Waals surface area (Å²) in [6.07, 6.45) is 4.65. The lowest BCUT2D eigenvalue weighted by molar-refractivity contribution is 0.102. The summed E-state index contributed by atoms with van der Waals surface area (Å²) in [6, 6.07) is 0. The molecule has 1 aromatic rings. The number of piperidine rings is 1. The fourth-order valence-corrected chi connectivity index (χ4v) is 2.94. The number of aliphatic imine (C=N–C) groups is 1. The van der Waals surface area contributed by atoms with Crippen molar-refractivity contribution in [3.8, 4) is 0 Å². The number of hydrogen-bond donors (Lipinski definition) is 2. The highest BCUT2D eigenvalue weighted by Crippen LogP contribution is 2.20. The molecule has 2 heterocycles.